The Morgan fingerprint density at radius 1 is 1.00 bits per heavy atom. The summed E-state index contributed by atoms with van der Waals surface area (Å²) < 4.78 is 18.8. The van der Waals surface area contributed by atoms with Crippen molar-refractivity contribution in [3.8, 4) is 0 Å². The third kappa shape index (κ3) is 9.54. The number of ether oxygens (including phenoxy) is 1. The molecule has 2 atom stereocenters. The topological polar surface area (TPSA) is 84.5 Å². The molecule has 0 aliphatic carbocycles. The summed E-state index contributed by atoms with van der Waals surface area (Å²) in [6.07, 6.45) is 6.77. The van der Waals surface area contributed by atoms with E-state index in [1.807, 2.05) is 0 Å². The van der Waals surface area contributed by atoms with E-state index in [0.717, 1.165) is 32.1 Å². The van der Waals surface area contributed by atoms with Gasteiger partial charge in [-0.2, -0.15) is 0 Å². The SMILES string of the molecule is CCCCCCCC[C@@H](NC(=O)[C@H](Cc1ccccc1F)NC(C)=O)C(=O)OC. The average Bonchev–Trinajstić information content (AvgIpc) is 2.69. The average molecular weight is 409 g/mol. The van der Waals surface area contributed by atoms with Crippen molar-refractivity contribution in [2.75, 3.05) is 7.11 Å². The fourth-order valence-corrected chi connectivity index (χ4v) is 3.13. The third-order valence-corrected chi connectivity index (χ3v) is 4.72. The Labute approximate surface area is 172 Å². The van der Waals surface area contributed by atoms with E-state index in [1.54, 1.807) is 18.2 Å². The van der Waals surface area contributed by atoms with Crippen molar-refractivity contribution >= 4 is 17.8 Å². The number of carbonyl (C=O) groups is 3. The predicted octanol–water partition coefficient (Wildman–Crippen LogP) is 3.28. The normalized spacial score (nSPS) is 12.7. The maximum Gasteiger partial charge on any atom is 0.328 e. The van der Waals surface area contributed by atoms with E-state index in [4.69, 9.17) is 4.74 Å². The number of carbonyl (C=O) groups excluding carboxylic acids is 3. The molecular weight excluding hydrogens is 375 g/mol. The maximum absolute atomic E-state index is 14.0. The van der Waals surface area contributed by atoms with Crippen LogP contribution in [0.5, 0.6) is 0 Å². The minimum Gasteiger partial charge on any atom is -0.467 e. The van der Waals surface area contributed by atoms with Crippen molar-refractivity contribution in [1.82, 2.24) is 10.6 Å². The molecule has 1 aromatic carbocycles. The molecule has 1 rings (SSSR count). The van der Waals surface area contributed by atoms with E-state index in [1.165, 1.54) is 26.5 Å². The lowest BCUT2D eigenvalue weighted by Gasteiger charge is -2.22. The number of hydrogen-bond acceptors (Lipinski definition) is 4. The summed E-state index contributed by atoms with van der Waals surface area (Å²) in [5, 5.41) is 5.20. The van der Waals surface area contributed by atoms with Gasteiger partial charge in [-0.15, -0.1) is 0 Å². The highest BCUT2D eigenvalue weighted by Gasteiger charge is 2.27. The Kier molecular flexibility index (Phi) is 11.6. The van der Waals surface area contributed by atoms with Gasteiger partial charge in [-0.1, -0.05) is 63.6 Å². The zero-order valence-electron chi connectivity index (χ0n) is 17.6. The summed E-state index contributed by atoms with van der Waals surface area (Å²) in [6, 6.07) is 4.30. The van der Waals surface area contributed by atoms with Gasteiger partial charge in [-0.3, -0.25) is 9.59 Å². The lowest BCUT2D eigenvalue weighted by molar-refractivity contribution is -0.145. The molecule has 0 fully saturated rings. The van der Waals surface area contributed by atoms with E-state index in [2.05, 4.69) is 17.6 Å². The highest BCUT2D eigenvalue weighted by molar-refractivity contribution is 5.90. The largest absolute Gasteiger partial charge is 0.467 e. The molecule has 0 spiro atoms. The van der Waals surface area contributed by atoms with Crippen LogP contribution < -0.4 is 10.6 Å². The first-order chi connectivity index (χ1) is 13.9. The predicted molar refractivity (Wildman–Crippen MR) is 110 cm³/mol. The van der Waals surface area contributed by atoms with Crippen LogP contribution in [-0.4, -0.2) is 37.0 Å². The minimum absolute atomic E-state index is 0.0109. The van der Waals surface area contributed by atoms with Crippen LogP contribution in [0.3, 0.4) is 0 Å². The molecule has 0 aliphatic rings. The van der Waals surface area contributed by atoms with Crippen molar-refractivity contribution in [1.29, 1.82) is 0 Å². The number of hydrogen-bond donors (Lipinski definition) is 2. The molecule has 7 heteroatoms. The molecule has 0 saturated heterocycles. The number of nitrogens with one attached hydrogen (secondary N) is 2. The van der Waals surface area contributed by atoms with Crippen LogP contribution in [-0.2, 0) is 25.5 Å². The van der Waals surface area contributed by atoms with Crippen molar-refractivity contribution < 1.29 is 23.5 Å². The van der Waals surface area contributed by atoms with Gasteiger partial charge in [0.15, 0.2) is 0 Å². The van der Waals surface area contributed by atoms with Gasteiger partial charge in [-0.25, -0.2) is 9.18 Å². The Morgan fingerprint density at radius 3 is 2.28 bits per heavy atom. The monoisotopic (exact) mass is 408 g/mol. The second-order valence-electron chi connectivity index (χ2n) is 7.19. The molecule has 0 bridgehead atoms. The molecule has 0 saturated carbocycles. The van der Waals surface area contributed by atoms with Crippen molar-refractivity contribution in [2.45, 2.75) is 77.3 Å². The second-order valence-corrected chi connectivity index (χ2v) is 7.19. The van der Waals surface area contributed by atoms with E-state index < -0.39 is 35.7 Å². The molecule has 2 N–H and O–H groups in total. The third-order valence-electron chi connectivity index (χ3n) is 4.72. The summed E-state index contributed by atoms with van der Waals surface area (Å²) in [5.41, 5.74) is 0.312. The van der Waals surface area contributed by atoms with Gasteiger partial charge < -0.3 is 15.4 Å². The smallest absolute Gasteiger partial charge is 0.328 e. The summed E-state index contributed by atoms with van der Waals surface area (Å²) in [6.45, 7) is 3.44. The zero-order valence-corrected chi connectivity index (χ0v) is 17.6. The van der Waals surface area contributed by atoms with Crippen LogP contribution in [0.15, 0.2) is 24.3 Å². The Balaban J connectivity index is 2.74. The number of amides is 2. The maximum atomic E-state index is 14.0. The van der Waals surface area contributed by atoms with E-state index >= 15 is 0 Å². The van der Waals surface area contributed by atoms with Gasteiger partial charge in [0.1, 0.15) is 17.9 Å². The summed E-state index contributed by atoms with van der Waals surface area (Å²) in [4.78, 5) is 36.4. The highest BCUT2D eigenvalue weighted by Crippen LogP contribution is 2.12. The Hall–Kier alpha value is -2.44. The molecule has 0 aliphatic heterocycles. The van der Waals surface area contributed by atoms with Crippen LogP contribution in [0.4, 0.5) is 4.39 Å². The van der Waals surface area contributed by atoms with E-state index in [0.29, 0.717) is 12.0 Å². The van der Waals surface area contributed by atoms with Crippen LogP contribution in [0.25, 0.3) is 0 Å². The van der Waals surface area contributed by atoms with Crippen molar-refractivity contribution in [2.24, 2.45) is 0 Å². The Morgan fingerprint density at radius 2 is 1.66 bits per heavy atom. The fraction of sp³-hybridized carbons (Fsp3) is 0.591. The van der Waals surface area contributed by atoms with Crippen LogP contribution in [0.2, 0.25) is 0 Å². The molecule has 29 heavy (non-hydrogen) atoms. The lowest BCUT2D eigenvalue weighted by Crippen LogP contribution is -2.52. The number of methoxy groups -OCH3 is 1. The van der Waals surface area contributed by atoms with E-state index in [9.17, 15) is 18.8 Å². The zero-order chi connectivity index (χ0) is 21.6. The summed E-state index contributed by atoms with van der Waals surface area (Å²) in [7, 11) is 1.27. The van der Waals surface area contributed by atoms with Crippen LogP contribution in [0, 0.1) is 5.82 Å². The first kappa shape index (κ1) is 24.6. The molecule has 162 valence electrons. The minimum atomic E-state index is -0.985. The molecular formula is C22H33FN2O4. The number of benzene rings is 1. The van der Waals surface area contributed by atoms with Gasteiger partial charge in [0.05, 0.1) is 7.11 Å². The van der Waals surface area contributed by atoms with E-state index in [-0.39, 0.29) is 6.42 Å². The van der Waals surface area contributed by atoms with Crippen molar-refractivity contribution in [3.05, 3.63) is 35.6 Å². The standard InChI is InChI=1S/C22H33FN2O4/c1-4-5-6-7-8-9-14-19(22(28)29-3)25-21(27)20(24-16(2)26)15-17-12-10-11-13-18(17)23/h10-13,19-20H,4-9,14-15H2,1-3H3,(H,24,26)(H,25,27)/t19-,20+/m1/s1. The number of esters is 1. The molecule has 0 radical (unpaired) electrons. The highest BCUT2D eigenvalue weighted by atomic mass is 19.1. The quantitative estimate of drug-likeness (QED) is 0.387. The second kappa shape index (κ2) is 13.7. The molecule has 0 heterocycles. The summed E-state index contributed by atoms with van der Waals surface area (Å²) in [5.74, 6) is -1.93. The molecule has 1 aromatic rings. The lowest BCUT2D eigenvalue weighted by atomic mass is 10.0. The van der Waals surface area contributed by atoms with Gasteiger partial charge in [0, 0.05) is 13.3 Å². The molecule has 6 nitrogen and oxygen atoms in total. The molecule has 0 unspecified atom stereocenters. The van der Waals surface area contributed by atoms with Gasteiger partial charge >= 0.3 is 5.97 Å². The first-order valence-corrected chi connectivity index (χ1v) is 10.3. The van der Waals surface area contributed by atoms with Crippen LogP contribution in [0.1, 0.15) is 64.4 Å². The van der Waals surface area contributed by atoms with Crippen LogP contribution >= 0.6 is 0 Å². The van der Waals surface area contributed by atoms with Gasteiger partial charge in [-0.05, 0) is 18.1 Å². The number of rotatable bonds is 13. The van der Waals surface area contributed by atoms with Crippen molar-refractivity contribution in [3.63, 3.8) is 0 Å². The number of halogens is 1. The first-order valence-electron chi connectivity index (χ1n) is 10.3. The summed E-state index contributed by atoms with van der Waals surface area (Å²) >= 11 is 0. The molecule has 0 aromatic heterocycles. The Bertz CT molecular complexity index is 666. The number of unbranched alkanes of at least 4 members (excludes halogenated alkanes) is 5. The van der Waals surface area contributed by atoms with Gasteiger partial charge in [0.25, 0.3) is 0 Å². The van der Waals surface area contributed by atoms with Gasteiger partial charge in [0.2, 0.25) is 11.8 Å². The fourth-order valence-electron chi connectivity index (χ4n) is 3.13. The molecule has 2 amide bonds.